The summed E-state index contributed by atoms with van der Waals surface area (Å²) in [6.07, 6.45) is 1.62. The maximum absolute atomic E-state index is 12.1. The molecule has 0 aliphatic carbocycles. The van der Waals surface area contributed by atoms with Gasteiger partial charge in [0.15, 0.2) is 0 Å². The molecule has 0 aromatic heterocycles. The SMILES string of the molecule is Cc1cccc(C(NC(=O)CCCCC(=O)O)C(C)(C)C)c1. The summed E-state index contributed by atoms with van der Waals surface area (Å²) in [5, 5.41) is 11.7. The van der Waals surface area contributed by atoms with E-state index in [1.165, 1.54) is 5.56 Å². The van der Waals surface area contributed by atoms with Crippen LogP contribution < -0.4 is 5.32 Å². The predicted octanol–water partition coefficient (Wildman–Crippen LogP) is 3.84. The topological polar surface area (TPSA) is 66.4 Å². The van der Waals surface area contributed by atoms with Crippen LogP contribution in [-0.2, 0) is 9.59 Å². The zero-order valence-electron chi connectivity index (χ0n) is 14.0. The van der Waals surface area contributed by atoms with Gasteiger partial charge >= 0.3 is 5.97 Å². The van der Waals surface area contributed by atoms with Crippen molar-refractivity contribution in [1.82, 2.24) is 5.32 Å². The van der Waals surface area contributed by atoms with Crippen LogP contribution in [0.3, 0.4) is 0 Å². The van der Waals surface area contributed by atoms with Crippen molar-refractivity contribution in [1.29, 1.82) is 0 Å². The fourth-order valence-corrected chi connectivity index (χ4v) is 2.44. The molecular weight excluding hydrogens is 278 g/mol. The molecule has 4 nitrogen and oxygen atoms in total. The summed E-state index contributed by atoms with van der Waals surface area (Å²) in [7, 11) is 0. The van der Waals surface area contributed by atoms with E-state index >= 15 is 0 Å². The number of hydrogen-bond acceptors (Lipinski definition) is 2. The Morgan fingerprint density at radius 2 is 1.82 bits per heavy atom. The number of amides is 1. The Balaban J connectivity index is 2.67. The maximum Gasteiger partial charge on any atom is 0.303 e. The lowest BCUT2D eigenvalue weighted by atomic mass is 9.82. The van der Waals surface area contributed by atoms with Gasteiger partial charge < -0.3 is 10.4 Å². The molecule has 2 N–H and O–H groups in total. The molecule has 1 aromatic rings. The van der Waals surface area contributed by atoms with Crippen LogP contribution in [-0.4, -0.2) is 17.0 Å². The molecule has 4 heteroatoms. The van der Waals surface area contributed by atoms with E-state index in [0.29, 0.717) is 19.3 Å². The molecule has 1 unspecified atom stereocenters. The lowest BCUT2D eigenvalue weighted by molar-refractivity contribution is -0.137. The van der Waals surface area contributed by atoms with Gasteiger partial charge in [-0.1, -0.05) is 50.6 Å². The summed E-state index contributed by atoms with van der Waals surface area (Å²) in [5.74, 6) is -0.834. The van der Waals surface area contributed by atoms with Crippen LogP contribution in [0.1, 0.15) is 63.6 Å². The van der Waals surface area contributed by atoms with Crippen LogP contribution in [0.2, 0.25) is 0 Å². The normalized spacial score (nSPS) is 12.7. The fraction of sp³-hybridized carbons (Fsp3) is 0.556. The van der Waals surface area contributed by atoms with Crippen LogP contribution in [0, 0.1) is 12.3 Å². The highest BCUT2D eigenvalue weighted by atomic mass is 16.4. The number of carboxylic acid groups (broad SMARTS) is 1. The van der Waals surface area contributed by atoms with Crippen LogP contribution in [0.5, 0.6) is 0 Å². The molecule has 1 aromatic carbocycles. The number of aryl methyl sites for hydroxylation is 1. The Labute approximate surface area is 132 Å². The monoisotopic (exact) mass is 305 g/mol. The van der Waals surface area contributed by atoms with Crippen LogP contribution in [0.15, 0.2) is 24.3 Å². The van der Waals surface area contributed by atoms with E-state index in [0.717, 1.165) is 5.56 Å². The number of rotatable bonds is 7. The number of aliphatic carboxylic acids is 1. The van der Waals surface area contributed by atoms with Crippen molar-refractivity contribution in [3.05, 3.63) is 35.4 Å². The molecular formula is C18H27NO3. The minimum absolute atomic E-state index is 0.0215. The van der Waals surface area contributed by atoms with E-state index in [9.17, 15) is 9.59 Å². The van der Waals surface area contributed by atoms with E-state index in [1.54, 1.807) is 0 Å². The smallest absolute Gasteiger partial charge is 0.303 e. The summed E-state index contributed by atoms with van der Waals surface area (Å²) >= 11 is 0. The van der Waals surface area contributed by atoms with Crippen molar-refractivity contribution in [3.8, 4) is 0 Å². The van der Waals surface area contributed by atoms with Gasteiger partial charge in [0, 0.05) is 12.8 Å². The predicted molar refractivity (Wildman–Crippen MR) is 87.6 cm³/mol. The Hall–Kier alpha value is -1.84. The fourth-order valence-electron chi connectivity index (χ4n) is 2.44. The average molecular weight is 305 g/mol. The van der Waals surface area contributed by atoms with Gasteiger partial charge in [0.05, 0.1) is 6.04 Å². The van der Waals surface area contributed by atoms with Gasteiger partial charge in [-0.25, -0.2) is 0 Å². The minimum atomic E-state index is -0.812. The van der Waals surface area contributed by atoms with Gasteiger partial charge in [0.2, 0.25) is 5.91 Å². The lowest BCUT2D eigenvalue weighted by Gasteiger charge is -2.32. The van der Waals surface area contributed by atoms with Gasteiger partial charge in [-0.15, -0.1) is 0 Å². The van der Waals surface area contributed by atoms with Crippen molar-refractivity contribution >= 4 is 11.9 Å². The quantitative estimate of drug-likeness (QED) is 0.752. The minimum Gasteiger partial charge on any atom is -0.481 e. The maximum atomic E-state index is 12.1. The molecule has 0 heterocycles. The largest absolute Gasteiger partial charge is 0.481 e. The van der Waals surface area contributed by atoms with E-state index in [1.807, 2.05) is 25.1 Å². The van der Waals surface area contributed by atoms with Crippen molar-refractivity contribution in [2.45, 2.75) is 59.4 Å². The Kier molecular flexibility index (Phi) is 6.60. The third kappa shape index (κ3) is 6.29. The lowest BCUT2D eigenvalue weighted by Crippen LogP contribution is -2.36. The van der Waals surface area contributed by atoms with Gasteiger partial charge in [-0.2, -0.15) is 0 Å². The first kappa shape index (κ1) is 18.2. The Bertz CT molecular complexity index is 517. The van der Waals surface area contributed by atoms with Gasteiger partial charge in [0.1, 0.15) is 0 Å². The summed E-state index contributed by atoms with van der Waals surface area (Å²) in [5.41, 5.74) is 2.18. The molecule has 0 fully saturated rings. The third-order valence-corrected chi connectivity index (χ3v) is 3.59. The van der Waals surface area contributed by atoms with Crippen molar-refractivity contribution in [2.75, 3.05) is 0 Å². The second-order valence-corrected chi connectivity index (χ2v) is 6.88. The molecule has 0 spiro atoms. The van der Waals surface area contributed by atoms with Gasteiger partial charge in [0.25, 0.3) is 0 Å². The van der Waals surface area contributed by atoms with Crippen molar-refractivity contribution in [2.24, 2.45) is 5.41 Å². The summed E-state index contributed by atoms with van der Waals surface area (Å²) in [6, 6.07) is 8.12. The number of hydrogen-bond donors (Lipinski definition) is 2. The number of carbonyl (C=O) groups excluding carboxylic acids is 1. The molecule has 0 saturated heterocycles. The molecule has 122 valence electrons. The highest BCUT2D eigenvalue weighted by Crippen LogP contribution is 2.33. The molecule has 0 radical (unpaired) electrons. The highest BCUT2D eigenvalue weighted by molar-refractivity contribution is 5.76. The van der Waals surface area contributed by atoms with Crippen molar-refractivity contribution in [3.63, 3.8) is 0 Å². The van der Waals surface area contributed by atoms with Crippen LogP contribution >= 0.6 is 0 Å². The Morgan fingerprint density at radius 1 is 1.18 bits per heavy atom. The highest BCUT2D eigenvalue weighted by Gasteiger charge is 2.27. The summed E-state index contributed by atoms with van der Waals surface area (Å²) < 4.78 is 0. The van der Waals surface area contributed by atoms with Crippen LogP contribution in [0.4, 0.5) is 0 Å². The van der Waals surface area contributed by atoms with E-state index in [4.69, 9.17) is 5.11 Å². The second kappa shape index (κ2) is 7.97. The van der Waals surface area contributed by atoms with Crippen LogP contribution in [0.25, 0.3) is 0 Å². The Morgan fingerprint density at radius 3 is 2.36 bits per heavy atom. The molecule has 0 aliphatic heterocycles. The van der Waals surface area contributed by atoms with E-state index in [-0.39, 0.29) is 23.8 Å². The zero-order valence-corrected chi connectivity index (χ0v) is 14.0. The molecule has 0 bridgehead atoms. The average Bonchev–Trinajstić information content (AvgIpc) is 2.39. The number of carbonyl (C=O) groups is 2. The van der Waals surface area contributed by atoms with Gasteiger partial charge in [-0.3, -0.25) is 9.59 Å². The van der Waals surface area contributed by atoms with E-state index < -0.39 is 5.97 Å². The standard InChI is InChI=1S/C18H27NO3/c1-13-8-7-9-14(12-13)17(18(2,3)4)19-15(20)10-5-6-11-16(21)22/h7-9,12,17H,5-6,10-11H2,1-4H3,(H,19,20)(H,21,22). The van der Waals surface area contributed by atoms with E-state index in [2.05, 4.69) is 32.2 Å². The molecule has 1 amide bonds. The number of unbranched alkanes of at least 4 members (excludes halogenated alkanes) is 1. The zero-order chi connectivity index (χ0) is 16.8. The number of benzene rings is 1. The van der Waals surface area contributed by atoms with Crippen molar-refractivity contribution < 1.29 is 14.7 Å². The number of carboxylic acids is 1. The molecule has 22 heavy (non-hydrogen) atoms. The summed E-state index contributed by atoms with van der Waals surface area (Å²) in [6.45, 7) is 8.34. The number of nitrogens with one attached hydrogen (secondary N) is 1. The molecule has 1 rings (SSSR count). The molecule has 0 saturated carbocycles. The van der Waals surface area contributed by atoms with Gasteiger partial charge in [-0.05, 0) is 30.7 Å². The first-order chi connectivity index (χ1) is 10.2. The third-order valence-electron chi connectivity index (χ3n) is 3.59. The first-order valence-electron chi connectivity index (χ1n) is 7.78. The summed E-state index contributed by atoms with van der Waals surface area (Å²) in [4.78, 5) is 22.6. The second-order valence-electron chi connectivity index (χ2n) is 6.88. The molecule has 0 aliphatic rings. The molecule has 1 atom stereocenters. The first-order valence-corrected chi connectivity index (χ1v) is 7.78.